The molecule has 4 rings (SSSR count). The first kappa shape index (κ1) is 15.4. The molecule has 2 heterocycles. The third-order valence-electron chi connectivity index (χ3n) is 3.80. The van der Waals surface area contributed by atoms with E-state index >= 15 is 0 Å². The van der Waals surface area contributed by atoms with E-state index < -0.39 is 0 Å². The Kier molecular flexibility index (Phi) is 3.86. The Labute approximate surface area is 150 Å². The van der Waals surface area contributed by atoms with E-state index in [1.54, 1.807) is 6.07 Å². The molecule has 0 spiro atoms. The van der Waals surface area contributed by atoms with Crippen LogP contribution in [0.4, 0.5) is 0 Å². The van der Waals surface area contributed by atoms with Crippen molar-refractivity contribution in [2.45, 2.75) is 13.5 Å². The molecule has 0 saturated carbocycles. The zero-order chi connectivity index (χ0) is 16.7. The number of amides is 1. The first-order valence-electron chi connectivity index (χ1n) is 7.53. The van der Waals surface area contributed by atoms with E-state index in [4.69, 9.17) is 4.42 Å². The molecule has 4 nitrogen and oxygen atoms in total. The monoisotopic (exact) mass is 400 g/mol. The summed E-state index contributed by atoms with van der Waals surface area (Å²) in [5, 5.41) is 0.901. The van der Waals surface area contributed by atoms with Crippen LogP contribution in [0.5, 0.6) is 0 Å². The van der Waals surface area contributed by atoms with Crippen LogP contribution in [0, 0.1) is 0 Å². The van der Waals surface area contributed by atoms with E-state index in [1.807, 2.05) is 54.0 Å². The fourth-order valence-corrected chi connectivity index (χ4v) is 4.53. The predicted molar refractivity (Wildman–Crippen MR) is 99.3 cm³/mol. The van der Waals surface area contributed by atoms with Crippen molar-refractivity contribution in [3.05, 3.63) is 63.6 Å². The molecule has 0 saturated heterocycles. The van der Waals surface area contributed by atoms with Gasteiger partial charge in [0.25, 0.3) is 0 Å². The van der Waals surface area contributed by atoms with Gasteiger partial charge in [0, 0.05) is 16.4 Å². The van der Waals surface area contributed by atoms with Gasteiger partial charge in [0.15, 0.2) is 10.6 Å². The fourth-order valence-electron chi connectivity index (χ4n) is 2.69. The van der Waals surface area contributed by atoms with Gasteiger partial charge in [-0.15, -0.1) is 0 Å². The molecule has 24 heavy (non-hydrogen) atoms. The molecule has 0 atom stereocenters. The van der Waals surface area contributed by atoms with Gasteiger partial charge < -0.3 is 8.98 Å². The van der Waals surface area contributed by atoms with Crippen LogP contribution in [0.15, 0.2) is 62.4 Å². The summed E-state index contributed by atoms with van der Waals surface area (Å²) in [5.41, 5.74) is 1.75. The summed E-state index contributed by atoms with van der Waals surface area (Å²) in [5.74, 6) is -0.105. The molecular weight excluding hydrogens is 388 g/mol. The number of carbonyl (C=O) groups is 1. The summed E-state index contributed by atoms with van der Waals surface area (Å²) >= 11 is 5.07. The van der Waals surface area contributed by atoms with Crippen LogP contribution in [0.2, 0.25) is 0 Å². The van der Waals surface area contributed by atoms with Gasteiger partial charge in [0.2, 0.25) is 0 Å². The van der Waals surface area contributed by atoms with Gasteiger partial charge >= 0.3 is 5.91 Å². The summed E-state index contributed by atoms with van der Waals surface area (Å²) < 4.78 is 9.73. The number of para-hydroxylation sites is 2. The molecule has 0 N–H and O–H groups in total. The fraction of sp³-hybridized carbons (Fsp3) is 0.111. The third kappa shape index (κ3) is 2.52. The van der Waals surface area contributed by atoms with Crippen LogP contribution in [0.3, 0.4) is 0 Å². The number of halogens is 1. The largest absolute Gasteiger partial charge is 0.451 e. The summed E-state index contributed by atoms with van der Waals surface area (Å²) in [6.07, 6.45) is 0. The number of hydrogen-bond acceptors (Lipinski definition) is 3. The van der Waals surface area contributed by atoms with Crippen LogP contribution in [0.1, 0.15) is 17.5 Å². The normalized spacial score (nSPS) is 12.3. The maximum Gasteiger partial charge on any atom is 0.315 e. The van der Waals surface area contributed by atoms with Crippen LogP contribution in [-0.4, -0.2) is 10.5 Å². The molecule has 4 aromatic rings. The highest BCUT2D eigenvalue weighted by Crippen LogP contribution is 2.26. The second kappa shape index (κ2) is 6.03. The van der Waals surface area contributed by atoms with Gasteiger partial charge in [-0.1, -0.05) is 35.6 Å². The quantitative estimate of drug-likeness (QED) is 0.476. The number of furan rings is 1. The van der Waals surface area contributed by atoms with Crippen molar-refractivity contribution in [3.8, 4) is 0 Å². The molecule has 0 aliphatic carbocycles. The summed E-state index contributed by atoms with van der Waals surface area (Å²) in [4.78, 5) is 17.5. The lowest BCUT2D eigenvalue weighted by Gasteiger charge is -2.01. The minimum atomic E-state index is -0.365. The summed E-state index contributed by atoms with van der Waals surface area (Å²) in [7, 11) is 0. The van der Waals surface area contributed by atoms with Crippen LogP contribution >= 0.6 is 27.3 Å². The van der Waals surface area contributed by atoms with Gasteiger partial charge in [-0.25, -0.2) is 0 Å². The minimum absolute atomic E-state index is 0.260. The van der Waals surface area contributed by atoms with E-state index in [2.05, 4.69) is 20.9 Å². The van der Waals surface area contributed by atoms with E-state index in [1.165, 1.54) is 11.3 Å². The van der Waals surface area contributed by atoms with Crippen molar-refractivity contribution in [1.29, 1.82) is 0 Å². The zero-order valence-electron chi connectivity index (χ0n) is 12.8. The molecule has 0 fully saturated rings. The SMILES string of the molecule is CCn1c(=NC(=O)c2cc3ccccc3o2)sc2cccc(Br)c21. The number of aryl methyl sites for hydroxylation is 1. The second-order valence-electron chi connectivity index (χ2n) is 5.28. The number of fused-ring (bicyclic) bond motifs is 2. The molecule has 120 valence electrons. The first-order chi connectivity index (χ1) is 11.7. The predicted octanol–water partition coefficient (Wildman–Crippen LogP) is 4.97. The Morgan fingerprint density at radius 3 is 2.88 bits per heavy atom. The maximum atomic E-state index is 12.5. The molecular formula is C18H13BrN2O2S. The summed E-state index contributed by atoms with van der Waals surface area (Å²) in [6, 6.07) is 15.3. The molecule has 1 amide bonds. The molecule has 2 aromatic carbocycles. The first-order valence-corrected chi connectivity index (χ1v) is 9.14. The lowest BCUT2D eigenvalue weighted by Crippen LogP contribution is -2.15. The van der Waals surface area contributed by atoms with Crippen LogP contribution in [0.25, 0.3) is 21.2 Å². The Balaban J connectivity index is 1.87. The number of carbonyl (C=O) groups excluding carboxylic acids is 1. The van der Waals surface area contributed by atoms with E-state index in [-0.39, 0.29) is 11.7 Å². The Hall–Kier alpha value is -2.18. The number of nitrogens with zero attached hydrogens (tertiary/aromatic N) is 2. The van der Waals surface area contributed by atoms with E-state index in [9.17, 15) is 4.79 Å². The lowest BCUT2D eigenvalue weighted by atomic mass is 10.2. The van der Waals surface area contributed by atoms with Crippen molar-refractivity contribution < 1.29 is 9.21 Å². The van der Waals surface area contributed by atoms with Crippen molar-refractivity contribution in [2.75, 3.05) is 0 Å². The highest BCUT2D eigenvalue weighted by Gasteiger charge is 2.13. The van der Waals surface area contributed by atoms with Gasteiger partial charge in [-0.3, -0.25) is 4.79 Å². The Morgan fingerprint density at radius 1 is 1.25 bits per heavy atom. The highest BCUT2D eigenvalue weighted by atomic mass is 79.9. The Morgan fingerprint density at radius 2 is 2.08 bits per heavy atom. The van der Waals surface area contributed by atoms with E-state index in [0.29, 0.717) is 10.4 Å². The number of thiazole rings is 1. The molecule has 2 aromatic heterocycles. The zero-order valence-corrected chi connectivity index (χ0v) is 15.2. The standard InChI is InChI=1S/C18H13BrN2O2S/c1-2-21-16-12(19)7-5-9-15(16)24-18(21)20-17(22)14-10-11-6-3-4-8-13(11)23-14/h3-10H,2H2,1H3. The molecule has 0 unspecified atom stereocenters. The van der Waals surface area contributed by atoms with Crippen molar-refractivity contribution in [3.63, 3.8) is 0 Å². The van der Waals surface area contributed by atoms with Gasteiger partial charge in [0.05, 0.1) is 10.2 Å². The van der Waals surface area contributed by atoms with E-state index in [0.717, 1.165) is 26.6 Å². The number of aromatic nitrogens is 1. The van der Waals surface area contributed by atoms with Crippen LogP contribution < -0.4 is 4.80 Å². The smallest absolute Gasteiger partial charge is 0.315 e. The lowest BCUT2D eigenvalue weighted by molar-refractivity contribution is 0.0973. The number of hydrogen-bond donors (Lipinski definition) is 0. The minimum Gasteiger partial charge on any atom is -0.451 e. The van der Waals surface area contributed by atoms with Gasteiger partial charge in [-0.2, -0.15) is 4.99 Å². The van der Waals surface area contributed by atoms with Crippen molar-refractivity contribution in [1.82, 2.24) is 4.57 Å². The topological polar surface area (TPSA) is 47.5 Å². The Bertz CT molecular complexity index is 1100. The van der Waals surface area contributed by atoms with Crippen LogP contribution in [-0.2, 0) is 6.54 Å². The van der Waals surface area contributed by atoms with Gasteiger partial charge in [-0.05, 0) is 47.1 Å². The molecule has 6 heteroatoms. The molecule has 0 aliphatic heterocycles. The molecule has 0 radical (unpaired) electrons. The molecule has 0 bridgehead atoms. The number of benzene rings is 2. The average molecular weight is 401 g/mol. The molecule has 0 aliphatic rings. The summed E-state index contributed by atoms with van der Waals surface area (Å²) in [6.45, 7) is 2.77. The average Bonchev–Trinajstić information content (AvgIpc) is 3.16. The second-order valence-corrected chi connectivity index (χ2v) is 7.14. The number of rotatable bonds is 2. The maximum absolute atomic E-state index is 12.5. The van der Waals surface area contributed by atoms with Gasteiger partial charge in [0.1, 0.15) is 5.58 Å². The van der Waals surface area contributed by atoms with Crippen molar-refractivity contribution >= 4 is 54.4 Å². The van der Waals surface area contributed by atoms with Crippen molar-refractivity contribution in [2.24, 2.45) is 4.99 Å². The third-order valence-corrected chi connectivity index (χ3v) is 5.49. The highest BCUT2D eigenvalue weighted by molar-refractivity contribution is 9.10.